The molecule has 174 valence electrons. The molecule has 3 heterocycles. The van der Waals surface area contributed by atoms with Crippen molar-refractivity contribution in [2.24, 2.45) is 0 Å². The van der Waals surface area contributed by atoms with Gasteiger partial charge in [-0.1, -0.05) is 18.2 Å². The van der Waals surface area contributed by atoms with Crippen LogP contribution in [0.2, 0.25) is 0 Å². The van der Waals surface area contributed by atoms with Gasteiger partial charge in [-0.05, 0) is 23.8 Å². The maximum atomic E-state index is 13.2. The number of benzene rings is 1. The number of pyridine rings is 1. The molecule has 3 aromatic rings. The smallest absolute Gasteiger partial charge is 0.361 e. The van der Waals surface area contributed by atoms with Gasteiger partial charge in [-0.3, -0.25) is 9.59 Å². The van der Waals surface area contributed by atoms with Crippen molar-refractivity contribution < 1.29 is 22.8 Å². The third-order valence-corrected chi connectivity index (χ3v) is 5.77. The molecule has 1 atom stereocenters. The fourth-order valence-corrected chi connectivity index (χ4v) is 4.08. The summed E-state index contributed by atoms with van der Waals surface area (Å²) < 4.78 is 38.3. The van der Waals surface area contributed by atoms with Crippen molar-refractivity contribution in [1.29, 1.82) is 0 Å². The Morgan fingerprint density at radius 1 is 1.12 bits per heavy atom. The molecule has 0 spiro atoms. The van der Waals surface area contributed by atoms with Crippen LogP contribution in [0.15, 0.2) is 48.8 Å². The Morgan fingerprint density at radius 2 is 1.85 bits per heavy atom. The van der Waals surface area contributed by atoms with E-state index in [1.54, 1.807) is 4.90 Å². The summed E-state index contributed by atoms with van der Waals surface area (Å²) in [6.45, 7) is 3.01. The van der Waals surface area contributed by atoms with E-state index in [-0.39, 0.29) is 11.8 Å². The summed E-state index contributed by atoms with van der Waals surface area (Å²) in [5.41, 5.74) is 1.10. The first-order valence-electron chi connectivity index (χ1n) is 10.6. The van der Waals surface area contributed by atoms with Gasteiger partial charge in [0.15, 0.2) is 0 Å². The maximum absolute atomic E-state index is 13.2. The summed E-state index contributed by atoms with van der Waals surface area (Å²) in [6.07, 6.45) is -1.41. The molecule has 0 unspecified atom stereocenters. The summed E-state index contributed by atoms with van der Waals surface area (Å²) in [5.74, 6) is -0.0383. The van der Waals surface area contributed by atoms with Crippen LogP contribution in [0.5, 0.6) is 0 Å². The number of rotatable bonds is 5. The van der Waals surface area contributed by atoms with Gasteiger partial charge in [0.1, 0.15) is 11.9 Å². The second-order valence-electron chi connectivity index (χ2n) is 8.03. The number of para-hydroxylation sites is 1. The molecule has 2 N–H and O–H groups in total. The van der Waals surface area contributed by atoms with Crippen LogP contribution in [0.25, 0.3) is 10.9 Å². The number of piperazine rings is 1. The molecule has 0 radical (unpaired) electrons. The number of H-pyrrole nitrogens is 1. The molecule has 7 nitrogen and oxygen atoms in total. The van der Waals surface area contributed by atoms with Gasteiger partial charge in [-0.2, -0.15) is 13.2 Å². The molecule has 1 aromatic carbocycles. The molecular formula is C23H24F3N5O2. The fourth-order valence-electron chi connectivity index (χ4n) is 4.08. The van der Waals surface area contributed by atoms with E-state index in [4.69, 9.17) is 0 Å². The summed E-state index contributed by atoms with van der Waals surface area (Å²) in [5, 5.41) is 3.77. The van der Waals surface area contributed by atoms with Crippen molar-refractivity contribution >= 4 is 28.5 Å². The number of amides is 2. The Bertz CT molecular complexity index is 1130. The van der Waals surface area contributed by atoms with Crippen LogP contribution in [-0.4, -0.2) is 58.9 Å². The zero-order valence-corrected chi connectivity index (χ0v) is 18.0. The molecule has 10 heteroatoms. The minimum Gasteiger partial charge on any atom is -0.361 e. The van der Waals surface area contributed by atoms with Crippen molar-refractivity contribution in [1.82, 2.24) is 20.2 Å². The topological polar surface area (TPSA) is 81.3 Å². The number of nitrogens with one attached hydrogen (secondary N) is 2. The van der Waals surface area contributed by atoms with E-state index in [1.165, 1.54) is 13.0 Å². The van der Waals surface area contributed by atoms with Gasteiger partial charge >= 0.3 is 6.18 Å². The molecule has 1 fully saturated rings. The monoisotopic (exact) mass is 459 g/mol. The van der Waals surface area contributed by atoms with E-state index >= 15 is 0 Å². The largest absolute Gasteiger partial charge is 0.417 e. The fraction of sp³-hybridized carbons (Fsp3) is 0.348. The highest BCUT2D eigenvalue weighted by atomic mass is 19.4. The highest BCUT2D eigenvalue weighted by Crippen LogP contribution is 2.29. The lowest BCUT2D eigenvalue weighted by atomic mass is 10.0. The summed E-state index contributed by atoms with van der Waals surface area (Å²) in [4.78, 5) is 35.7. The molecule has 0 aliphatic carbocycles. The Kier molecular flexibility index (Phi) is 6.26. The van der Waals surface area contributed by atoms with Crippen LogP contribution in [0.4, 0.5) is 19.0 Å². The van der Waals surface area contributed by atoms with Crippen LogP contribution < -0.4 is 10.2 Å². The highest BCUT2D eigenvalue weighted by Gasteiger charge is 2.32. The van der Waals surface area contributed by atoms with E-state index < -0.39 is 17.8 Å². The van der Waals surface area contributed by atoms with Crippen LogP contribution in [0.1, 0.15) is 18.1 Å². The van der Waals surface area contributed by atoms with E-state index in [0.717, 1.165) is 28.7 Å². The van der Waals surface area contributed by atoms with Crippen molar-refractivity contribution in [3.05, 3.63) is 59.9 Å². The van der Waals surface area contributed by atoms with Crippen molar-refractivity contribution in [2.75, 3.05) is 31.1 Å². The van der Waals surface area contributed by atoms with E-state index in [0.29, 0.717) is 38.4 Å². The SMILES string of the molecule is CC(=O)N[C@H](Cc1c[nH]c2ccccc12)C(=O)N1CCN(c2ccc(C(F)(F)F)cn2)CC1. The number of halogens is 3. The summed E-state index contributed by atoms with van der Waals surface area (Å²) in [6, 6.07) is 9.39. The van der Waals surface area contributed by atoms with Gasteiger partial charge in [0.25, 0.3) is 0 Å². The van der Waals surface area contributed by atoms with Crippen molar-refractivity contribution in [2.45, 2.75) is 25.6 Å². The minimum absolute atomic E-state index is 0.185. The predicted molar refractivity (Wildman–Crippen MR) is 118 cm³/mol. The predicted octanol–water partition coefficient (Wildman–Crippen LogP) is 2.98. The first kappa shape index (κ1) is 22.6. The first-order valence-corrected chi connectivity index (χ1v) is 10.6. The number of fused-ring (bicyclic) bond motifs is 1. The molecule has 1 aliphatic heterocycles. The molecule has 0 bridgehead atoms. The van der Waals surface area contributed by atoms with Crippen molar-refractivity contribution in [3.8, 4) is 0 Å². The Morgan fingerprint density at radius 3 is 2.48 bits per heavy atom. The molecule has 1 saturated heterocycles. The van der Waals surface area contributed by atoms with Crippen LogP contribution in [0.3, 0.4) is 0 Å². The number of carbonyl (C=O) groups is 2. The standard InChI is InChI=1S/C23H24F3N5O2/c1-15(32)29-20(12-16-13-27-19-5-3-2-4-18(16)19)22(33)31-10-8-30(9-11-31)21-7-6-17(14-28-21)23(24,25)26/h2-7,13-14,20,27H,8-12H2,1H3,(H,29,32)/t20-/m1/s1. The zero-order chi connectivity index (χ0) is 23.6. The highest BCUT2D eigenvalue weighted by molar-refractivity contribution is 5.89. The lowest BCUT2D eigenvalue weighted by Gasteiger charge is -2.37. The number of aromatic amines is 1. The average Bonchev–Trinajstić information content (AvgIpc) is 3.20. The molecule has 2 aromatic heterocycles. The summed E-state index contributed by atoms with van der Waals surface area (Å²) in [7, 11) is 0. The summed E-state index contributed by atoms with van der Waals surface area (Å²) >= 11 is 0. The molecule has 2 amide bonds. The number of anilines is 1. The molecule has 4 rings (SSSR count). The number of hydrogen-bond donors (Lipinski definition) is 2. The van der Waals surface area contributed by atoms with E-state index in [1.807, 2.05) is 35.4 Å². The van der Waals surface area contributed by atoms with E-state index in [9.17, 15) is 22.8 Å². The molecule has 0 saturated carbocycles. The van der Waals surface area contributed by atoms with Gasteiger partial charge in [0.05, 0.1) is 5.56 Å². The van der Waals surface area contributed by atoms with E-state index in [2.05, 4.69) is 15.3 Å². The first-order chi connectivity index (χ1) is 15.7. The van der Waals surface area contributed by atoms with Crippen LogP contribution in [-0.2, 0) is 22.2 Å². The van der Waals surface area contributed by atoms with Gasteiger partial charge in [-0.25, -0.2) is 4.98 Å². The van der Waals surface area contributed by atoms with Crippen molar-refractivity contribution in [3.63, 3.8) is 0 Å². The van der Waals surface area contributed by atoms with Gasteiger partial charge in [0.2, 0.25) is 11.8 Å². The van der Waals surface area contributed by atoms with Crippen LogP contribution >= 0.6 is 0 Å². The third kappa shape index (κ3) is 5.10. The Balaban J connectivity index is 1.42. The lowest BCUT2D eigenvalue weighted by Crippen LogP contribution is -2.55. The minimum atomic E-state index is -4.43. The number of hydrogen-bond acceptors (Lipinski definition) is 4. The maximum Gasteiger partial charge on any atom is 0.417 e. The molecule has 33 heavy (non-hydrogen) atoms. The molecule has 1 aliphatic rings. The van der Waals surface area contributed by atoms with Gasteiger partial charge in [0, 0.05) is 62.8 Å². The number of aromatic nitrogens is 2. The quantitative estimate of drug-likeness (QED) is 0.615. The Hall–Kier alpha value is -3.56. The van der Waals surface area contributed by atoms with Gasteiger partial charge < -0.3 is 20.1 Å². The third-order valence-electron chi connectivity index (χ3n) is 5.77. The number of alkyl halides is 3. The second kappa shape index (κ2) is 9.13. The number of nitrogens with zero attached hydrogens (tertiary/aromatic N) is 3. The normalized spacial score (nSPS) is 15.5. The lowest BCUT2D eigenvalue weighted by molar-refractivity contribution is -0.138. The average molecular weight is 459 g/mol. The molecular weight excluding hydrogens is 435 g/mol. The second-order valence-corrected chi connectivity index (χ2v) is 8.03. The zero-order valence-electron chi connectivity index (χ0n) is 18.0. The van der Waals surface area contributed by atoms with Crippen LogP contribution in [0, 0.1) is 0 Å². The number of carbonyl (C=O) groups excluding carboxylic acids is 2. The Labute approximate surface area is 188 Å². The van der Waals surface area contributed by atoms with Gasteiger partial charge in [-0.15, -0.1) is 0 Å².